The first kappa shape index (κ1) is 16.7. The normalized spacial score (nSPS) is 17.1. The van der Waals surface area contributed by atoms with Crippen molar-refractivity contribution in [2.24, 2.45) is 0 Å². The molecule has 1 aliphatic rings. The van der Waals surface area contributed by atoms with E-state index in [0.29, 0.717) is 6.42 Å². The van der Waals surface area contributed by atoms with Gasteiger partial charge in [0.1, 0.15) is 0 Å². The lowest BCUT2D eigenvalue weighted by Crippen LogP contribution is -2.49. The summed E-state index contributed by atoms with van der Waals surface area (Å²) in [4.78, 5) is 16.0. The molecule has 1 atom stereocenters. The van der Waals surface area contributed by atoms with Crippen LogP contribution in [0, 0.1) is 0 Å². The number of amides is 1. The van der Waals surface area contributed by atoms with Crippen LogP contribution in [0.2, 0.25) is 0 Å². The molecule has 1 amide bonds. The minimum absolute atomic E-state index is 0. The standard InChI is InChI=1S/C16H22N2O.ClH/c1-3-15(14-8-6-5-7-9-14)17-10-12-18(13-11-17)16(19)4-2;/h3,5-9,15H,1,4,10-13H2,2H3;1H. The first-order chi connectivity index (χ1) is 9.26. The number of halogens is 1. The van der Waals surface area contributed by atoms with Crippen molar-refractivity contribution in [3.8, 4) is 0 Å². The van der Waals surface area contributed by atoms with E-state index in [9.17, 15) is 4.79 Å². The molecule has 0 N–H and O–H groups in total. The average molecular weight is 295 g/mol. The summed E-state index contributed by atoms with van der Waals surface area (Å²) < 4.78 is 0. The molecule has 0 aliphatic carbocycles. The van der Waals surface area contributed by atoms with Gasteiger partial charge in [-0.1, -0.05) is 43.3 Å². The molecule has 4 heteroatoms. The predicted molar refractivity (Wildman–Crippen MR) is 85.1 cm³/mol. The molecule has 1 aromatic rings. The Morgan fingerprint density at radius 2 is 1.85 bits per heavy atom. The molecule has 0 saturated carbocycles. The zero-order chi connectivity index (χ0) is 13.7. The Bertz CT molecular complexity index is 427. The van der Waals surface area contributed by atoms with Crippen LogP contribution in [-0.2, 0) is 4.79 Å². The maximum atomic E-state index is 11.7. The molecule has 1 saturated heterocycles. The van der Waals surface area contributed by atoms with Crippen LogP contribution in [0.3, 0.4) is 0 Å². The maximum absolute atomic E-state index is 11.7. The van der Waals surface area contributed by atoms with E-state index in [1.54, 1.807) is 0 Å². The number of benzene rings is 1. The van der Waals surface area contributed by atoms with E-state index in [4.69, 9.17) is 0 Å². The van der Waals surface area contributed by atoms with Crippen LogP contribution >= 0.6 is 12.4 Å². The van der Waals surface area contributed by atoms with Crippen LogP contribution in [0.4, 0.5) is 0 Å². The molecule has 1 aliphatic heterocycles. The van der Waals surface area contributed by atoms with E-state index >= 15 is 0 Å². The molecule has 0 bridgehead atoms. The number of rotatable bonds is 4. The van der Waals surface area contributed by atoms with Gasteiger partial charge >= 0.3 is 0 Å². The largest absolute Gasteiger partial charge is 0.340 e. The second-order valence-corrected chi connectivity index (χ2v) is 4.86. The van der Waals surface area contributed by atoms with E-state index in [2.05, 4.69) is 35.7 Å². The van der Waals surface area contributed by atoms with Crippen LogP contribution in [0.15, 0.2) is 43.0 Å². The second-order valence-electron chi connectivity index (χ2n) is 4.86. The van der Waals surface area contributed by atoms with Gasteiger partial charge in [-0.15, -0.1) is 19.0 Å². The van der Waals surface area contributed by atoms with Crippen LogP contribution in [0.1, 0.15) is 24.9 Å². The minimum Gasteiger partial charge on any atom is -0.340 e. The molecule has 20 heavy (non-hydrogen) atoms. The zero-order valence-corrected chi connectivity index (χ0v) is 12.8. The Balaban J connectivity index is 0.00000200. The third-order valence-corrected chi connectivity index (χ3v) is 3.73. The third kappa shape index (κ3) is 3.84. The van der Waals surface area contributed by atoms with Gasteiger partial charge in [0.15, 0.2) is 0 Å². The summed E-state index contributed by atoms with van der Waals surface area (Å²) in [5.74, 6) is 0.259. The summed E-state index contributed by atoms with van der Waals surface area (Å²) in [7, 11) is 0. The summed E-state index contributed by atoms with van der Waals surface area (Å²) in [6, 6.07) is 10.7. The van der Waals surface area contributed by atoms with Crippen molar-refractivity contribution in [1.82, 2.24) is 9.80 Å². The van der Waals surface area contributed by atoms with Crippen molar-refractivity contribution in [2.45, 2.75) is 19.4 Å². The molecule has 1 aromatic carbocycles. The molecule has 1 fully saturated rings. The number of piperazine rings is 1. The van der Waals surface area contributed by atoms with Gasteiger partial charge in [-0.2, -0.15) is 0 Å². The fraction of sp³-hybridized carbons (Fsp3) is 0.438. The molecule has 3 nitrogen and oxygen atoms in total. The van der Waals surface area contributed by atoms with E-state index in [1.807, 2.05) is 24.0 Å². The summed E-state index contributed by atoms with van der Waals surface area (Å²) in [5.41, 5.74) is 1.27. The molecule has 1 unspecified atom stereocenters. The summed E-state index contributed by atoms with van der Waals surface area (Å²) in [6.45, 7) is 9.36. The van der Waals surface area contributed by atoms with Crippen molar-refractivity contribution in [2.75, 3.05) is 26.2 Å². The zero-order valence-electron chi connectivity index (χ0n) is 12.0. The smallest absolute Gasteiger partial charge is 0.222 e. The number of carbonyl (C=O) groups is 1. The highest BCUT2D eigenvalue weighted by molar-refractivity contribution is 5.85. The Morgan fingerprint density at radius 1 is 1.25 bits per heavy atom. The predicted octanol–water partition coefficient (Wildman–Crippen LogP) is 2.89. The quantitative estimate of drug-likeness (QED) is 0.797. The Kier molecular flexibility index (Phi) is 6.76. The van der Waals surface area contributed by atoms with Gasteiger partial charge in [-0.25, -0.2) is 0 Å². The molecule has 110 valence electrons. The lowest BCUT2D eigenvalue weighted by atomic mass is 10.0. The van der Waals surface area contributed by atoms with E-state index in [1.165, 1.54) is 5.56 Å². The van der Waals surface area contributed by atoms with Crippen LogP contribution in [0.25, 0.3) is 0 Å². The van der Waals surface area contributed by atoms with Gasteiger partial charge in [0, 0.05) is 32.6 Å². The number of carbonyl (C=O) groups excluding carboxylic acids is 1. The highest BCUT2D eigenvalue weighted by atomic mass is 35.5. The van der Waals surface area contributed by atoms with Gasteiger partial charge in [-0.3, -0.25) is 9.69 Å². The van der Waals surface area contributed by atoms with Gasteiger partial charge in [-0.05, 0) is 5.56 Å². The van der Waals surface area contributed by atoms with Gasteiger partial charge in [0.2, 0.25) is 5.91 Å². The lowest BCUT2D eigenvalue weighted by Gasteiger charge is -2.38. The first-order valence-corrected chi connectivity index (χ1v) is 6.95. The maximum Gasteiger partial charge on any atom is 0.222 e. The molecule has 2 rings (SSSR count). The molecule has 0 spiro atoms. The van der Waals surface area contributed by atoms with E-state index in [-0.39, 0.29) is 24.4 Å². The highest BCUT2D eigenvalue weighted by Crippen LogP contribution is 2.23. The van der Waals surface area contributed by atoms with Crippen LogP contribution in [0.5, 0.6) is 0 Å². The fourth-order valence-electron chi connectivity index (χ4n) is 2.62. The summed E-state index contributed by atoms with van der Waals surface area (Å²) in [5, 5.41) is 0. The van der Waals surface area contributed by atoms with Crippen molar-refractivity contribution >= 4 is 18.3 Å². The molecule has 0 radical (unpaired) electrons. The van der Waals surface area contributed by atoms with Crippen molar-refractivity contribution in [3.05, 3.63) is 48.6 Å². The van der Waals surface area contributed by atoms with Crippen molar-refractivity contribution < 1.29 is 4.79 Å². The van der Waals surface area contributed by atoms with Crippen molar-refractivity contribution in [3.63, 3.8) is 0 Å². The molecular weight excluding hydrogens is 272 g/mol. The number of nitrogens with zero attached hydrogens (tertiary/aromatic N) is 2. The average Bonchev–Trinajstić information content (AvgIpc) is 2.49. The Labute approximate surface area is 127 Å². The Hall–Kier alpha value is -1.32. The van der Waals surface area contributed by atoms with Crippen LogP contribution in [-0.4, -0.2) is 41.9 Å². The first-order valence-electron chi connectivity index (χ1n) is 6.95. The SMILES string of the molecule is C=CC(c1ccccc1)N1CCN(C(=O)CC)CC1.Cl. The molecule has 1 heterocycles. The number of hydrogen-bond donors (Lipinski definition) is 0. The van der Waals surface area contributed by atoms with Crippen LogP contribution < -0.4 is 0 Å². The monoisotopic (exact) mass is 294 g/mol. The van der Waals surface area contributed by atoms with Gasteiger partial charge < -0.3 is 4.90 Å². The molecule has 0 aromatic heterocycles. The van der Waals surface area contributed by atoms with E-state index in [0.717, 1.165) is 26.2 Å². The minimum atomic E-state index is 0. The Morgan fingerprint density at radius 3 is 2.35 bits per heavy atom. The summed E-state index contributed by atoms with van der Waals surface area (Å²) >= 11 is 0. The topological polar surface area (TPSA) is 23.6 Å². The third-order valence-electron chi connectivity index (χ3n) is 3.73. The lowest BCUT2D eigenvalue weighted by molar-refractivity contribution is -0.132. The molecular formula is C16H23ClN2O. The van der Waals surface area contributed by atoms with Gasteiger partial charge in [0.25, 0.3) is 0 Å². The second kappa shape index (κ2) is 8.08. The van der Waals surface area contributed by atoms with Gasteiger partial charge in [0.05, 0.1) is 6.04 Å². The number of hydrogen-bond acceptors (Lipinski definition) is 2. The highest BCUT2D eigenvalue weighted by Gasteiger charge is 2.24. The summed E-state index contributed by atoms with van der Waals surface area (Å²) in [6.07, 6.45) is 2.59. The van der Waals surface area contributed by atoms with E-state index < -0.39 is 0 Å². The fourth-order valence-corrected chi connectivity index (χ4v) is 2.62. The van der Waals surface area contributed by atoms with Crippen molar-refractivity contribution in [1.29, 1.82) is 0 Å².